The number of carbonyl (C=O) groups excluding carboxylic acids is 1. The van der Waals surface area contributed by atoms with Crippen LogP contribution in [0.15, 0.2) is 48.5 Å². The Bertz CT molecular complexity index is 1020. The number of amides is 1. The maximum Gasteiger partial charge on any atom is 0.227 e. The highest BCUT2D eigenvalue weighted by molar-refractivity contribution is 5.82. The summed E-state index contributed by atoms with van der Waals surface area (Å²) in [5.41, 5.74) is 2.68. The summed E-state index contributed by atoms with van der Waals surface area (Å²) < 4.78 is 5.22. The second-order valence-corrected chi connectivity index (χ2v) is 7.83. The van der Waals surface area contributed by atoms with Gasteiger partial charge in [0.1, 0.15) is 11.8 Å². The van der Waals surface area contributed by atoms with Crippen LogP contribution in [0.1, 0.15) is 41.9 Å². The monoisotopic (exact) mass is 400 g/mol. The number of ether oxygens (including phenoxy) is 1. The Morgan fingerprint density at radius 1 is 1.17 bits per heavy atom. The standard InChI is InChI=1S/C25H24N2O3/c1-30-21-7-2-4-18(14-21)9-8-17-10-12-19(13-11-17)24-22(15-26)27(23(24)16-28)25(29)20-5-3-6-20/h2,4,7,10-14,20,22-24,28H,3,5-6,16H2,1H3/t22-,23+,24+/m0/s1. The fourth-order valence-corrected chi connectivity index (χ4v) is 4.21. The van der Waals surface area contributed by atoms with Gasteiger partial charge >= 0.3 is 0 Å². The van der Waals surface area contributed by atoms with Crippen LogP contribution in [-0.4, -0.2) is 41.7 Å². The summed E-state index contributed by atoms with van der Waals surface area (Å²) in [4.78, 5) is 14.3. The lowest BCUT2D eigenvalue weighted by Gasteiger charge is -2.53. The van der Waals surface area contributed by atoms with Crippen molar-refractivity contribution in [2.24, 2.45) is 5.92 Å². The number of hydrogen-bond acceptors (Lipinski definition) is 4. The average molecular weight is 400 g/mol. The molecule has 2 aromatic carbocycles. The highest BCUT2D eigenvalue weighted by atomic mass is 16.5. The van der Waals surface area contributed by atoms with Crippen LogP contribution >= 0.6 is 0 Å². The largest absolute Gasteiger partial charge is 0.497 e. The first-order chi connectivity index (χ1) is 14.7. The second-order valence-electron chi connectivity index (χ2n) is 7.83. The lowest BCUT2D eigenvalue weighted by Crippen LogP contribution is -2.66. The van der Waals surface area contributed by atoms with E-state index in [2.05, 4.69) is 17.9 Å². The Labute approximate surface area is 176 Å². The molecule has 5 nitrogen and oxygen atoms in total. The average Bonchev–Trinajstić information content (AvgIpc) is 2.72. The third-order valence-electron chi connectivity index (χ3n) is 6.16. The van der Waals surface area contributed by atoms with E-state index >= 15 is 0 Å². The highest BCUT2D eigenvalue weighted by Crippen LogP contribution is 2.43. The summed E-state index contributed by atoms with van der Waals surface area (Å²) in [5.74, 6) is 6.89. The molecule has 0 radical (unpaired) electrons. The third kappa shape index (κ3) is 3.65. The predicted molar refractivity (Wildman–Crippen MR) is 113 cm³/mol. The maximum atomic E-state index is 12.7. The summed E-state index contributed by atoms with van der Waals surface area (Å²) in [5, 5.41) is 19.6. The summed E-state index contributed by atoms with van der Waals surface area (Å²) in [6.45, 7) is -0.140. The Morgan fingerprint density at radius 2 is 1.90 bits per heavy atom. The topological polar surface area (TPSA) is 73.6 Å². The van der Waals surface area contributed by atoms with Crippen LogP contribution in [0.5, 0.6) is 5.75 Å². The van der Waals surface area contributed by atoms with Gasteiger partial charge in [-0.2, -0.15) is 5.26 Å². The minimum atomic E-state index is -0.524. The molecule has 0 aromatic heterocycles. The van der Waals surface area contributed by atoms with Crippen LogP contribution in [0.25, 0.3) is 0 Å². The number of hydrogen-bond donors (Lipinski definition) is 1. The molecule has 1 amide bonds. The number of likely N-dealkylation sites (tertiary alicyclic amines) is 1. The maximum absolute atomic E-state index is 12.7. The van der Waals surface area contributed by atoms with E-state index in [9.17, 15) is 15.2 Å². The molecule has 1 aliphatic heterocycles. The molecule has 3 atom stereocenters. The van der Waals surface area contributed by atoms with Gasteiger partial charge in [-0.1, -0.05) is 36.5 Å². The van der Waals surface area contributed by atoms with E-state index in [1.807, 2.05) is 48.5 Å². The van der Waals surface area contributed by atoms with E-state index in [4.69, 9.17) is 4.74 Å². The normalized spacial score (nSPS) is 22.7. The van der Waals surface area contributed by atoms with Gasteiger partial charge in [0.05, 0.1) is 25.8 Å². The molecule has 1 saturated carbocycles. The highest BCUT2D eigenvalue weighted by Gasteiger charge is 2.53. The van der Waals surface area contributed by atoms with Crippen molar-refractivity contribution >= 4 is 5.91 Å². The lowest BCUT2D eigenvalue weighted by molar-refractivity contribution is -0.154. The van der Waals surface area contributed by atoms with E-state index in [-0.39, 0.29) is 30.4 Å². The van der Waals surface area contributed by atoms with Crippen molar-refractivity contribution < 1.29 is 14.6 Å². The molecular formula is C25H24N2O3. The van der Waals surface area contributed by atoms with E-state index in [1.54, 1.807) is 12.0 Å². The fourth-order valence-electron chi connectivity index (χ4n) is 4.21. The molecule has 30 heavy (non-hydrogen) atoms. The van der Waals surface area contributed by atoms with E-state index in [1.165, 1.54) is 0 Å². The van der Waals surface area contributed by atoms with Crippen LogP contribution in [0.4, 0.5) is 0 Å². The molecule has 152 valence electrons. The van der Waals surface area contributed by atoms with Crippen LogP contribution in [0.3, 0.4) is 0 Å². The van der Waals surface area contributed by atoms with Gasteiger partial charge in [-0.15, -0.1) is 0 Å². The molecule has 1 saturated heterocycles. The smallest absolute Gasteiger partial charge is 0.227 e. The van der Waals surface area contributed by atoms with Gasteiger partial charge in [0.2, 0.25) is 5.91 Å². The number of rotatable bonds is 4. The van der Waals surface area contributed by atoms with Crippen molar-refractivity contribution in [2.45, 2.75) is 37.3 Å². The van der Waals surface area contributed by atoms with Gasteiger partial charge in [0.15, 0.2) is 0 Å². The molecule has 1 aliphatic carbocycles. The first kappa shape index (κ1) is 20.0. The molecule has 1 heterocycles. The molecule has 1 N–H and O–H groups in total. The number of nitrogens with zero attached hydrogens (tertiary/aromatic N) is 2. The van der Waals surface area contributed by atoms with Crippen molar-refractivity contribution in [3.8, 4) is 23.7 Å². The number of aliphatic hydroxyl groups is 1. The molecule has 5 heteroatoms. The summed E-state index contributed by atoms with van der Waals surface area (Å²) in [6.07, 6.45) is 2.83. The molecule has 0 bridgehead atoms. The summed E-state index contributed by atoms with van der Waals surface area (Å²) >= 11 is 0. The molecule has 2 fully saturated rings. The number of nitriles is 1. The molecule has 4 rings (SSSR count). The third-order valence-corrected chi connectivity index (χ3v) is 6.16. The molecule has 2 aliphatic rings. The van der Waals surface area contributed by atoms with Crippen molar-refractivity contribution in [1.29, 1.82) is 5.26 Å². The first-order valence-electron chi connectivity index (χ1n) is 10.2. The first-order valence-corrected chi connectivity index (χ1v) is 10.2. The zero-order valence-corrected chi connectivity index (χ0v) is 16.9. The van der Waals surface area contributed by atoms with Gasteiger partial charge in [-0.05, 0) is 48.7 Å². The van der Waals surface area contributed by atoms with Crippen molar-refractivity contribution in [1.82, 2.24) is 4.90 Å². The lowest BCUT2D eigenvalue weighted by atomic mass is 9.73. The van der Waals surface area contributed by atoms with E-state index in [0.29, 0.717) is 0 Å². The molecule has 0 spiro atoms. The second kappa shape index (κ2) is 8.61. The Kier molecular flexibility index (Phi) is 5.74. The van der Waals surface area contributed by atoms with Crippen molar-refractivity contribution in [2.75, 3.05) is 13.7 Å². The number of methoxy groups -OCH3 is 1. The number of aliphatic hydroxyl groups excluding tert-OH is 1. The fraction of sp³-hybridized carbons (Fsp3) is 0.360. The van der Waals surface area contributed by atoms with Crippen LogP contribution in [0.2, 0.25) is 0 Å². The van der Waals surface area contributed by atoms with Crippen LogP contribution in [-0.2, 0) is 4.79 Å². The van der Waals surface area contributed by atoms with Gasteiger partial charge in [-0.25, -0.2) is 0 Å². The summed E-state index contributed by atoms with van der Waals surface area (Å²) in [6, 6.07) is 16.7. The van der Waals surface area contributed by atoms with E-state index < -0.39 is 6.04 Å². The van der Waals surface area contributed by atoms with Crippen molar-refractivity contribution in [3.63, 3.8) is 0 Å². The number of carbonyl (C=O) groups is 1. The molecule has 2 aromatic rings. The van der Waals surface area contributed by atoms with Crippen LogP contribution in [0, 0.1) is 29.1 Å². The molecular weight excluding hydrogens is 376 g/mol. The van der Waals surface area contributed by atoms with Crippen LogP contribution < -0.4 is 4.74 Å². The predicted octanol–water partition coefficient (Wildman–Crippen LogP) is 3.07. The minimum absolute atomic E-state index is 0.0175. The summed E-state index contributed by atoms with van der Waals surface area (Å²) in [7, 11) is 1.63. The SMILES string of the molecule is COc1cccc(C#Cc2ccc([C@H]3[C@@H](CO)N(C(=O)C4CCC4)[C@H]3C#N)cc2)c1. The number of benzene rings is 2. The molecule has 0 unspecified atom stereocenters. The van der Waals surface area contributed by atoms with E-state index in [0.717, 1.165) is 41.7 Å². The zero-order valence-electron chi connectivity index (χ0n) is 16.9. The van der Waals surface area contributed by atoms with Crippen molar-refractivity contribution in [3.05, 3.63) is 65.2 Å². The zero-order chi connectivity index (χ0) is 21.1. The minimum Gasteiger partial charge on any atom is -0.497 e. The Balaban J connectivity index is 1.50. The Morgan fingerprint density at radius 3 is 2.50 bits per heavy atom. The quantitative estimate of drug-likeness (QED) is 0.801. The van der Waals surface area contributed by atoms with Gasteiger partial charge in [0.25, 0.3) is 0 Å². The van der Waals surface area contributed by atoms with Gasteiger partial charge in [0, 0.05) is 23.0 Å². The Hall–Kier alpha value is -3.28. The van der Waals surface area contributed by atoms with Gasteiger partial charge in [-0.3, -0.25) is 4.79 Å². The van der Waals surface area contributed by atoms with Gasteiger partial charge < -0.3 is 14.7 Å².